The number of ether oxygens (including phenoxy) is 1. The van der Waals surface area contributed by atoms with Gasteiger partial charge >= 0.3 is 0 Å². The molecule has 0 spiro atoms. The minimum atomic E-state index is 0.264. The molecule has 1 heterocycles. The fraction of sp³-hybridized carbons (Fsp3) is 0.667. The Morgan fingerprint density at radius 2 is 2.25 bits per heavy atom. The lowest BCUT2D eigenvalue weighted by Crippen LogP contribution is -2.60. The second-order valence-electron chi connectivity index (χ2n) is 7.18. The van der Waals surface area contributed by atoms with Crippen LogP contribution >= 0.6 is 0 Å². The molecule has 1 aliphatic heterocycles. The molecule has 2 nitrogen and oxygen atoms in total. The molecular formula is C18H25NO. The van der Waals surface area contributed by atoms with E-state index in [-0.39, 0.29) is 5.54 Å². The van der Waals surface area contributed by atoms with Crippen molar-refractivity contribution in [1.82, 2.24) is 5.32 Å². The van der Waals surface area contributed by atoms with Crippen LogP contribution in [-0.4, -0.2) is 13.7 Å². The first-order chi connectivity index (χ1) is 9.73. The molecule has 3 aliphatic rings. The number of benzene rings is 1. The van der Waals surface area contributed by atoms with Gasteiger partial charge in [-0.3, -0.25) is 0 Å². The molecule has 2 aliphatic carbocycles. The molecule has 1 N–H and O–H groups in total. The maximum Gasteiger partial charge on any atom is 0.119 e. The highest BCUT2D eigenvalue weighted by molar-refractivity contribution is 5.44. The smallest absolute Gasteiger partial charge is 0.119 e. The summed E-state index contributed by atoms with van der Waals surface area (Å²) in [5.41, 5.74) is 3.37. The fourth-order valence-corrected chi connectivity index (χ4v) is 5.40. The standard InChI is InChI=1S/C18H25NO/c1-12-8-13-9-14-10-15(20-2)5-6-17(14)18(11-12)16(13)4-3-7-19-18/h5-6,10,12-13,16,19H,3-4,7-9,11H2,1-2H3/t12-,13-,16+,18+/m1/s1. The van der Waals surface area contributed by atoms with Crippen LogP contribution in [-0.2, 0) is 12.0 Å². The Kier molecular flexibility index (Phi) is 2.85. The van der Waals surface area contributed by atoms with E-state index in [9.17, 15) is 0 Å². The average Bonchev–Trinajstić information content (AvgIpc) is 2.46. The third kappa shape index (κ3) is 1.67. The third-order valence-corrected chi connectivity index (χ3v) is 5.99. The van der Waals surface area contributed by atoms with Crippen LogP contribution in [0.2, 0.25) is 0 Å². The molecule has 108 valence electrons. The number of hydrogen-bond donors (Lipinski definition) is 1. The van der Waals surface area contributed by atoms with Crippen molar-refractivity contribution >= 4 is 0 Å². The van der Waals surface area contributed by atoms with Crippen molar-refractivity contribution in [3.05, 3.63) is 29.3 Å². The van der Waals surface area contributed by atoms with E-state index in [1.165, 1.54) is 44.2 Å². The second-order valence-corrected chi connectivity index (χ2v) is 7.18. The van der Waals surface area contributed by atoms with Gasteiger partial charge in [0, 0.05) is 5.54 Å². The molecule has 0 unspecified atom stereocenters. The molecule has 20 heavy (non-hydrogen) atoms. The van der Waals surface area contributed by atoms with Gasteiger partial charge in [0.2, 0.25) is 0 Å². The van der Waals surface area contributed by atoms with E-state index in [1.54, 1.807) is 12.7 Å². The van der Waals surface area contributed by atoms with Gasteiger partial charge in [0.1, 0.15) is 5.75 Å². The van der Waals surface area contributed by atoms with E-state index >= 15 is 0 Å². The summed E-state index contributed by atoms with van der Waals surface area (Å²) in [6.07, 6.45) is 6.74. The summed E-state index contributed by atoms with van der Waals surface area (Å²) in [5.74, 6) is 3.58. The quantitative estimate of drug-likeness (QED) is 0.844. The molecule has 2 fully saturated rings. The van der Waals surface area contributed by atoms with Gasteiger partial charge in [0.05, 0.1) is 7.11 Å². The van der Waals surface area contributed by atoms with E-state index in [4.69, 9.17) is 4.74 Å². The van der Waals surface area contributed by atoms with Gasteiger partial charge in [-0.2, -0.15) is 0 Å². The van der Waals surface area contributed by atoms with Crippen molar-refractivity contribution < 1.29 is 4.74 Å². The number of piperidine rings is 1. The van der Waals surface area contributed by atoms with Crippen molar-refractivity contribution in [3.63, 3.8) is 0 Å². The Balaban J connectivity index is 1.86. The van der Waals surface area contributed by atoms with Gasteiger partial charge in [-0.1, -0.05) is 13.0 Å². The van der Waals surface area contributed by atoms with Crippen molar-refractivity contribution in [1.29, 1.82) is 0 Å². The van der Waals surface area contributed by atoms with E-state index in [0.717, 1.165) is 23.5 Å². The zero-order chi connectivity index (χ0) is 13.7. The number of fused-ring (bicyclic) bond motifs is 1. The minimum Gasteiger partial charge on any atom is -0.497 e. The van der Waals surface area contributed by atoms with E-state index in [1.807, 2.05) is 0 Å². The number of rotatable bonds is 1. The zero-order valence-corrected chi connectivity index (χ0v) is 12.6. The topological polar surface area (TPSA) is 21.3 Å². The lowest BCUT2D eigenvalue weighted by Gasteiger charge is -2.57. The van der Waals surface area contributed by atoms with Gasteiger partial charge in [-0.15, -0.1) is 0 Å². The van der Waals surface area contributed by atoms with E-state index in [0.29, 0.717) is 0 Å². The monoisotopic (exact) mass is 271 g/mol. The second kappa shape index (κ2) is 4.49. The van der Waals surface area contributed by atoms with Crippen LogP contribution in [0.4, 0.5) is 0 Å². The lowest BCUT2D eigenvalue weighted by molar-refractivity contribution is 0.00920. The Labute approximate surface area is 121 Å². The lowest BCUT2D eigenvalue weighted by atomic mass is 9.53. The minimum absolute atomic E-state index is 0.264. The first-order valence-corrected chi connectivity index (χ1v) is 8.15. The summed E-state index contributed by atoms with van der Waals surface area (Å²) in [7, 11) is 1.77. The highest BCUT2D eigenvalue weighted by Gasteiger charge is 2.53. The van der Waals surface area contributed by atoms with E-state index in [2.05, 4.69) is 30.4 Å². The normalized spacial score (nSPS) is 38.8. The molecule has 1 saturated carbocycles. The maximum atomic E-state index is 5.44. The zero-order valence-electron chi connectivity index (χ0n) is 12.6. The number of methoxy groups -OCH3 is 1. The van der Waals surface area contributed by atoms with E-state index < -0.39 is 0 Å². The Bertz CT molecular complexity index is 526. The van der Waals surface area contributed by atoms with Gasteiger partial charge in [-0.25, -0.2) is 0 Å². The summed E-state index contributed by atoms with van der Waals surface area (Å²) in [4.78, 5) is 0. The molecule has 0 aromatic heterocycles. The van der Waals surface area contributed by atoms with Crippen molar-refractivity contribution in [2.45, 2.75) is 44.6 Å². The molecule has 4 rings (SSSR count). The Hall–Kier alpha value is -1.02. The van der Waals surface area contributed by atoms with Gasteiger partial charge < -0.3 is 10.1 Å². The number of nitrogens with one attached hydrogen (secondary N) is 1. The van der Waals surface area contributed by atoms with Gasteiger partial charge in [-0.05, 0) is 79.7 Å². The highest BCUT2D eigenvalue weighted by atomic mass is 16.5. The number of hydrogen-bond acceptors (Lipinski definition) is 2. The van der Waals surface area contributed by atoms with Crippen molar-refractivity contribution in [3.8, 4) is 5.75 Å². The Morgan fingerprint density at radius 3 is 3.10 bits per heavy atom. The summed E-state index contributed by atoms with van der Waals surface area (Å²) in [6, 6.07) is 6.78. The average molecular weight is 271 g/mol. The van der Waals surface area contributed by atoms with Crippen LogP contribution in [0.3, 0.4) is 0 Å². The van der Waals surface area contributed by atoms with Crippen LogP contribution in [0, 0.1) is 17.8 Å². The van der Waals surface area contributed by atoms with Crippen molar-refractivity contribution in [2.75, 3.05) is 13.7 Å². The van der Waals surface area contributed by atoms with Crippen molar-refractivity contribution in [2.24, 2.45) is 17.8 Å². The van der Waals surface area contributed by atoms with Gasteiger partial charge in [0.15, 0.2) is 0 Å². The fourth-order valence-electron chi connectivity index (χ4n) is 5.40. The molecular weight excluding hydrogens is 246 g/mol. The van der Waals surface area contributed by atoms with Crippen LogP contribution in [0.5, 0.6) is 5.75 Å². The summed E-state index contributed by atoms with van der Waals surface area (Å²) in [5, 5.41) is 3.95. The first kappa shape index (κ1) is 12.7. The van der Waals surface area contributed by atoms with Crippen LogP contribution in [0.1, 0.15) is 43.7 Å². The predicted octanol–water partition coefficient (Wildman–Crippen LogP) is 3.49. The van der Waals surface area contributed by atoms with Gasteiger partial charge in [0.25, 0.3) is 0 Å². The SMILES string of the molecule is COc1ccc2c(c1)C[C@H]1C[C@@H](C)C[C@@]23NCCC[C@@H]13. The summed E-state index contributed by atoms with van der Waals surface area (Å²) >= 11 is 0. The molecule has 1 aromatic rings. The third-order valence-electron chi connectivity index (χ3n) is 5.99. The predicted molar refractivity (Wildman–Crippen MR) is 81.0 cm³/mol. The molecule has 1 saturated heterocycles. The maximum absolute atomic E-state index is 5.44. The highest BCUT2D eigenvalue weighted by Crippen LogP contribution is 2.55. The molecule has 2 bridgehead atoms. The molecule has 0 radical (unpaired) electrons. The molecule has 1 aromatic carbocycles. The molecule has 2 heteroatoms. The van der Waals surface area contributed by atoms with Crippen LogP contribution in [0.25, 0.3) is 0 Å². The summed E-state index contributed by atoms with van der Waals surface area (Å²) in [6.45, 7) is 3.62. The largest absolute Gasteiger partial charge is 0.497 e. The first-order valence-electron chi connectivity index (χ1n) is 8.15. The van der Waals surface area contributed by atoms with Crippen LogP contribution < -0.4 is 10.1 Å². The van der Waals surface area contributed by atoms with Crippen LogP contribution in [0.15, 0.2) is 18.2 Å². The molecule has 4 atom stereocenters. The Morgan fingerprint density at radius 1 is 1.35 bits per heavy atom. The summed E-state index contributed by atoms with van der Waals surface area (Å²) < 4.78 is 5.44. The molecule has 0 amide bonds.